The number of amides is 2. The number of rotatable bonds is 7. The number of carbonyl (C=O) groups is 2. The zero-order valence-corrected chi connectivity index (χ0v) is 15.1. The maximum absolute atomic E-state index is 12.4. The first-order chi connectivity index (χ1) is 12.0. The van der Waals surface area contributed by atoms with Gasteiger partial charge < -0.3 is 10.6 Å². The first-order valence-electron chi connectivity index (χ1n) is 8.81. The number of hydrogen-bond acceptors (Lipinski definition) is 2. The maximum Gasteiger partial charge on any atom is 0.255 e. The van der Waals surface area contributed by atoms with Crippen molar-refractivity contribution in [3.05, 3.63) is 59.7 Å². The van der Waals surface area contributed by atoms with Crippen LogP contribution in [0.5, 0.6) is 0 Å². The SMILES string of the molecule is CCCCC(=O)Nc1cccc(NC(=O)c2ccc(C(C)C)cc2)c1. The summed E-state index contributed by atoms with van der Waals surface area (Å²) in [6.45, 7) is 6.29. The predicted octanol–water partition coefficient (Wildman–Crippen LogP) is 5.19. The Kier molecular flexibility index (Phi) is 6.75. The summed E-state index contributed by atoms with van der Waals surface area (Å²) >= 11 is 0. The summed E-state index contributed by atoms with van der Waals surface area (Å²) in [7, 11) is 0. The van der Waals surface area contributed by atoms with Crippen molar-refractivity contribution in [2.75, 3.05) is 10.6 Å². The van der Waals surface area contributed by atoms with Crippen molar-refractivity contribution in [3.63, 3.8) is 0 Å². The van der Waals surface area contributed by atoms with Crippen LogP contribution in [0.2, 0.25) is 0 Å². The molecule has 0 saturated heterocycles. The average molecular weight is 338 g/mol. The minimum atomic E-state index is -0.162. The second kappa shape index (κ2) is 9.02. The van der Waals surface area contributed by atoms with E-state index in [1.807, 2.05) is 42.5 Å². The Morgan fingerprint density at radius 2 is 1.60 bits per heavy atom. The third kappa shape index (κ3) is 5.75. The van der Waals surface area contributed by atoms with Crippen LogP contribution in [-0.4, -0.2) is 11.8 Å². The van der Waals surface area contributed by atoms with Gasteiger partial charge in [0.1, 0.15) is 0 Å². The van der Waals surface area contributed by atoms with E-state index in [1.165, 1.54) is 5.56 Å². The van der Waals surface area contributed by atoms with Crippen LogP contribution >= 0.6 is 0 Å². The largest absolute Gasteiger partial charge is 0.326 e. The molecule has 0 heterocycles. The maximum atomic E-state index is 12.4. The zero-order valence-electron chi connectivity index (χ0n) is 15.1. The molecule has 0 aliphatic heterocycles. The fourth-order valence-corrected chi connectivity index (χ4v) is 2.46. The number of anilines is 2. The van der Waals surface area contributed by atoms with Crippen LogP contribution in [0, 0.1) is 0 Å². The molecule has 0 aliphatic rings. The van der Waals surface area contributed by atoms with Crippen LogP contribution in [-0.2, 0) is 4.79 Å². The van der Waals surface area contributed by atoms with Gasteiger partial charge in [0.15, 0.2) is 0 Å². The van der Waals surface area contributed by atoms with Gasteiger partial charge in [-0.1, -0.05) is 45.4 Å². The molecule has 2 N–H and O–H groups in total. The molecule has 0 atom stereocenters. The van der Waals surface area contributed by atoms with Crippen molar-refractivity contribution < 1.29 is 9.59 Å². The smallest absolute Gasteiger partial charge is 0.255 e. The Morgan fingerprint density at radius 3 is 2.20 bits per heavy atom. The normalized spacial score (nSPS) is 10.6. The molecule has 0 spiro atoms. The van der Waals surface area contributed by atoms with Crippen molar-refractivity contribution in [2.24, 2.45) is 0 Å². The molecule has 2 aromatic rings. The van der Waals surface area contributed by atoms with E-state index < -0.39 is 0 Å². The molecule has 4 nitrogen and oxygen atoms in total. The summed E-state index contributed by atoms with van der Waals surface area (Å²) in [6.07, 6.45) is 2.36. The highest BCUT2D eigenvalue weighted by Gasteiger charge is 2.08. The Balaban J connectivity index is 2.01. The first kappa shape index (κ1) is 18.7. The lowest BCUT2D eigenvalue weighted by molar-refractivity contribution is -0.116. The molecule has 0 fully saturated rings. The molecule has 0 aromatic heterocycles. The van der Waals surface area contributed by atoms with Crippen LogP contribution in [0.15, 0.2) is 48.5 Å². The van der Waals surface area contributed by atoms with E-state index in [9.17, 15) is 9.59 Å². The van der Waals surface area contributed by atoms with Crippen molar-refractivity contribution in [2.45, 2.75) is 46.0 Å². The molecule has 0 bridgehead atoms. The summed E-state index contributed by atoms with van der Waals surface area (Å²) in [5.41, 5.74) is 3.16. The zero-order chi connectivity index (χ0) is 18.2. The second-order valence-electron chi connectivity index (χ2n) is 6.46. The lowest BCUT2D eigenvalue weighted by Crippen LogP contribution is -2.13. The number of unbranched alkanes of at least 4 members (excludes halogenated alkanes) is 1. The van der Waals surface area contributed by atoms with Gasteiger partial charge in [0.2, 0.25) is 5.91 Å². The number of carbonyl (C=O) groups excluding carboxylic acids is 2. The number of hydrogen-bond donors (Lipinski definition) is 2. The molecule has 0 unspecified atom stereocenters. The van der Waals surface area contributed by atoms with Gasteiger partial charge in [-0.3, -0.25) is 9.59 Å². The van der Waals surface area contributed by atoms with Gasteiger partial charge in [-0.2, -0.15) is 0 Å². The number of benzene rings is 2. The van der Waals surface area contributed by atoms with E-state index in [0.717, 1.165) is 12.8 Å². The van der Waals surface area contributed by atoms with Gasteiger partial charge in [0.05, 0.1) is 0 Å². The summed E-state index contributed by atoms with van der Waals surface area (Å²) in [5.74, 6) is 0.268. The molecule has 4 heteroatoms. The van der Waals surface area contributed by atoms with Crippen molar-refractivity contribution in [3.8, 4) is 0 Å². The van der Waals surface area contributed by atoms with E-state index >= 15 is 0 Å². The fraction of sp³-hybridized carbons (Fsp3) is 0.333. The van der Waals surface area contributed by atoms with Gasteiger partial charge >= 0.3 is 0 Å². The predicted molar refractivity (Wildman–Crippen MR) is 103 cm³/mol. The highest BCUT2D eigenvalue weighted by atomic mass is 16.2. The Bertz CT molecular complexity index is 721. The molecule has 0 saturated carbocycles. The monoisotopic (exact) mass is 338 g/mol. The molecule has 25 heavy (non-hydrogen) atoms. The van der Waals surface area contributed by atoms with Crippen LogP contribution in [0.3, 0.4) is 0 Å². The van der Waals surface area contributed by atoms with Gasteiger partial charge in [0.25, 0.3) is 5.91 Å². The summed E-state index contributed by atoms with van der Waals surface area (Å²) in [5, 5.41) is 5.73. The van der Waals surface area contributed by atoms with E-state index in [2.05, 4.69) is 31.4 Å². The summed E-state index contributed by atoms with van der Waals surface area (Å²) in [4.78, 5) is 24.2. The number of nitrogens with one attached hydrogen (secondary N) is 2. The summed E-state index contributed by atoms with van der Waals surface area (Å²) in [6, 6.07) is 14.8. The fourth-order valence-electron chi connectivity index (χ4n) is 2.46. The molecular weight excluding hydrogens is 312 g/mol. The summed E-state index contributed by atoms with van der Waals surface area (Å²) < 4.78 is 0. The van der Waals surface area contributed by atoms with Gasteiger partial charge in [-0.15, -0.1) is 0 Å². The standard InChI is InChI=1S/C21H26N2O2/c1-4-5-9-20(24)22-18-7-6-8-19(14-18)23-21(25)17-12-10-16(11-13-17)15(2)3/h6-8,10-15H,4-5,9H2,1-3H3,(H,22,24)(H,23,25). The molecule has 0 radical (unpaired) electrons. The Morgan fingerprint density at radius 1 is 0.960 bits per heavy atom. The van der Waals surface area contributed by atoms with E-state index in [4.69, 9.17) is 0 Å². The molecule has 132 valence electrons. The lowest BCUT2D eigenvalue weighted by atomic mass is 10.0. The lowest BCUT2D eigenvalue weighted by Gasteiger charge is -2.10. The van der Waals surface area contributed by atoms with E-state index in [-0.39, 0.29) is 11.8 Å². The third-order valence-electron chi connectivity index (χ3n) is 4.00. The van der Waals surface area contributed by atoms with Gasteiger partial charge in [0, 0.05) is 23.4 Å². The highest BCUT2D eigenvalue weighted by molar-refractivity contribution is 6.04. The molecular formula is C21H26N2O2. The highest BCUT2D eigenvalue weighted by Crippen LogP contribution is 2.18. The molecule has 2 rings (SSSR count). The average Bonchev–Trinajstić information content (AvgIpc) is 2.60. The van der Waals surface area contributed by atoms with Crippen molar-refractivity contribution in [1.82, 2.24) is 0 Å². The molecule has 2 aromatic carbocycles. The minimum Gasteiger partial charge on any atom is -0.326 e. The van der Waals surface area contributed by atoms with Crippen molar-refractivity contribution >= 4 is 23.2 Å². The van der Waals surface area contributed by atoms with Gasteiger partial charge in [-0.05, 0) is 48.2 Å². The minimum absolute atomic E-state index is 0.00500. The quantitative estimate of drug-likeness (QED) is 0.730. The van der Waals surface area contributed by atoms with Gasteiger partial charge in [-0.25, -0.2) is 0 Å². The van der Waals surface area contributed by atoms with Crippen LogP contribution < -0.4 is 10.6 Å². The topological polar surface area (TPSA) is 58.2 Å². The van der Waals surface area contributed by atoms with Crippen LogP contribution in [0.25, 0.3) is 0 Å². The van der Waals surface area contributed by atoms with Crippen molar-refractivity contribution in [1.29, 1.82) is 0 Å². The first-order valence-corrected chi connectivity index (χ1v) is 8.81. The Hall–Kier alpha value is -2.62. The third-order valence-corrected chi connectivity index (χ3v) is 4.00. The molecule has 2 amide bonds. The van der Waals surface area contributed by atoms with E-state index in [0.29, 0.717) is 29.3 Å². The van der Waals surface area contributed by atoms with E-state index in [1.54, 1.807) is 6.07 Å². The van der Waals surface area contributed by atoms with Crippen LogP contribution in [0.1, 0.15) is 61.9 Å². The Labute approximate surface area is 149 Å². The molecule has 0 aliphatic carbocycles. The van der Waals surface area contributed by atoms with Crippen LogP contribution in [0.4, 0.5) is 11.4 Å². The second-order valence-corrected chi connectivity index (χ2v) is 6.46.